The third-order valence-electron chi connectivity index (χ3n) is 3.10. The summed E-state index contributed by atoms with van der Waals surface area (Å²) in [4.78, 5) is 1.40. The molecule has 2 unspecified atom stereocenters. The van der Waals surface area contributed by atoms with Gasteiger partial charge in [0.2, 0.25) is 0 Å². The van der Waals surface area contributed by atoms with E-state index in [0.29, 0.717) is 11.5 Å². The molecule has 0 saturated heterocycles. The molecule has 0 radical (unpaired) electrons. The maximum atomic E-state index is 5.95. The predicted molar refractivity (Wildman–Crippen MR) is 63.0 cm³/mol. The van der Waals surface area contributed by atoms with Gasteiger partial charge in [-0.2, -0.15) is 0 Å². The highest BCUT2D eigenvalue weighted by Gasteiger charge is 2.33. The molecule has 1 fully saturated rings. The van der Waals surface area contributed by atoms with Crippen molar-refractivity contribution in [1.29, 1.82) is 0 Å². The van der Waals surface area contributed by atoms with E-state index in [2.05, 4.69) is 13.0 Å². The molecule has 1 aliphatic rings. The van der Waals surface area contributed by atoms with Crippen LogP contribution in [0.5, 0.6) is 0 Å². The highest BCUT2D eigenvalue weighted by molar-refractivity contribution is 7.16. The third-order valence-corrected chi connectivity index (χ3v) is 4.33. The molecule has 0 aliphatic heterocycles. The van der Waals surface area contributed by atoms with Crippen molar-refractivity contribution >= 4 is 22.9 Å². The normalized spacial score (nSPS) is 32.4. The Morgan fingerprint density at radius 2 is 2.43 bits per heavy atom. The van der Waals surface area contributed by atoms with Gasteiger partial charge in [0.1, 0.15) is 0 Å². The molecule has 1 aromatic rings. The Balaban J connectivity index is 2.03. The summed E-state index contributed by atoms with van der Waals surface area (Å²) in [6.07, 6.45) is 4.72. The van der Waals surface area contributed by atoms with Crippen LogP contribution in [0.25, 0.3) is 0 Å². The van der Waals surface area contributed by atoms with Crippen molar-refractivity contribution < 1.29 is 0 Å². The molecule has 0 amide bonds. The van der Waals surface area contributed by atoms with Crippen LogP contribution in [0.2, 0.25) is 4.34 Å². The summed E-state index contributed by atoms with van der Waals surface area (Å²) in [5.41, 5.74) is 6.36. The van der Waals surface area contributed by atoms with E-state index in [4.69, 9.17) is 17.3 Å². The van der Waals surface area contributed by atoms with Crippen LogP contribution in [-0.4, -0.2) is 6.04 Å². The minimum Gasteiger partial charge on any atom is -0.328 e. The first kappa shape index (κ1) is 10.5. The van der Waals surface area contributed by atoms with E-state index in [1.807, 2.05) is 6.07 Å². The van der Waals surface area contributed by atoms with Gasteiger partial charge in [-0.15, -0.1) is 11.3 Å². The molecule has 2 rings (SSSR count). The van der Waals surface area contributed by atoms with E-state index >= 15 is 0 Å². The van der Waals surface area contributed by atoms with Crippen LogP contribution in [-0.2, 0) is 6.42 Å². The molecule has 1 heterocycles. The van der Waals surface area contributed by atoms with Crippen molar-refractivity contribution in [1.82, 2.24) is 0 Å². The van der Waals surface area contributed by atoms with Gasteiger partial charge in [0.15, 0.2) is 0 Å². The number of rotatable bonds is 2. The number of hydrogen-bond acceptors (Lipinski definition) is 2. The minimum atomic E-state index is 0.410. The van der Waals surface area contributed by atoms with Crippen LogP contribution in [0.4, 0.5) is 0 Å². The fourth-order valence-electron chi connectivity index (χ4n) is 2.40. The van der Waals surface area contributed by atoms with Crippen LogP contribution in [0.15, 0.2) is 12.1 Å². The summed E-state index contributed by atoms with van der Waals surface area (Å²) in [5, 5.41) is 0. The van der Waals surface area contributed by atoms with E-state index in [1.165, 1.54) is 17.7 Å². The Labute approximate surface area is 94.3 Å². The fraction of sp³-hybridized carbons (Fsp3) is 0.636. The molecule has 1 saturated carbocycles. The van der Waals surface area contributed by atoms with Gasteiger partial charge >= 0.3 is 0 Å². The molecule has 1 aliphatic carbocycles. The van der Waals surface area contributed by atoms with E-state index in [9.17, 15) is 0 Å². The Bertz CT molecular complexity index is 323. The third kappa shape index (κ3) is 2.30. The largest absolute Gasteiger partial charge is 0.328 e. The molecule has 1 aromatic heterocycles. The van der Waals surface area contributed by atoms with Crippen LogP contribution < -0.4 is 5.73 Å². The lowest BCUT2D eigenvalue weighted by molar-refractivity contribution is 0.332. The van der Waals surface area contributed by atoms with Gasteiger partial charge in [0, 0.05) is 10.9 Å². The number of hydrogen-bond donors (Lipinski definition) is 1. The summed E-state index contributed by atoms with van der Waals surface area (Å²) in [6.45, 7) is 2.34. The molecule has 78 valence electrons. The first-order valence-corrected chi connectivity index (χ1v) is 6.27. The second-order valence-corrected chi connectivity index (χ2v) is 6.50. The highest BCUT2D eigenvalue weighted by Crippen LogP contribution is 2.41. The van der Waals surface area contributed by atoms with Gasteiger partial charge in [-0.25, -0.2) is 0 Å². The van der Waals surface area contributed by atoms with Crippen LogP contribution in [0.3, 0.4) is 0 Å². The number of nitrogens with two attached hydrogens (primary N) is 1. The standard InChI is InChI=1S/C11H16ClNS/c1-11(5-4-8(13)6-11)7-9-2-3-10(12)14-9/h2-3,8H,4-7,13H2,1H3. The summed E-state index contributed by atoms with van der Waals surface area (Å²) in [7, 11) is 0. The lowest BCUT2D eigenvalue weighted by atomic mass is 9.84. The van der Waals surface area contributed by atoms with Crippen LogP contribution in [0, 0.1) is 5.41 Å². The molecule has 2 N–H and O–H groups in total. The summed E-state index contributed by atoms with van der Waals surface area (Å²) in [6, 6.07) is 4.54. The minimum absolute atomic E-state index is 0.410. The summed E-state index contributed by atoms with van der Waals surface area (Å²) < 4.78 is 0.894. The van der Waals surface area contributed by atoms with Crippen LogP contribution >= 0.6 is 22.9 Å². The first-order chi connectivity index (χ1) is 6.57. The van der Waals surface area contributed by atoms with Gasteiger partial charge < -0.3 is 5.73 Å². The zero-order chi connectivity index (χ0) is 10.2. The van der Waals surface area contributed by atoms with Crippen LogP contribution in [0.1, 0.15) is 31.1 Å². The van der Waals surface area contributed by atoms with E-state index in [-0.39, 0.29) is 0 Å². The monoisotopic (exact) mass is 229 g/mol. The molecule has 0 spiro atoms. The Morgan fingerprint density at radius 1 is 1.64 bits per heavy atom. The lowest BCUT2D eigenvalue weighted by Gasteiger charge is -2.22. The van der Waals surface area contributed by atoms with Crippen molar-refractivity contribution in [3.8, 4) is 0 Å². The van der Waals surface area contributed by atoms with Crippen molar-refractivity contribution in [2.45, 2.75) is 38.6 Å². The second-order valence-electron chi connectivity index (χ2n) is 4.70. The molecule has 14 heavy (non-hydrogen) atoms. The molecule has 1 nitrogen and oxygen atoms in total. The molecule has 3 heteroatoms. The maximum Gasteiger partial charge on any atom is 0.0931 e. The highest BCUT2D eigenvalue weighted by atomic mass is 35.5. The Kier molecular flexibility index (Phi) is 2.87. The van der Waals surface area contributed by atoms with Crippen molar-refractivity contribution in [3.05, 3.63) is 21.3 Å². The maximum absolute atomic E-state index is 5.95. The predicted octanol–water partition coefficient (Wildman–Crippen LogP) is 3.46. The second kappa shape index (κ2) is 3.84. The summed E-state index contributed by atoms with van der Waals surface area (Å²) >= 11 is 7.61. The Hall–Kier alpha value is -0.0500. The van der Waals surface area contributed by atoms with E-state index in [1.54, 1.807) is 11.3 Å². The van der Waals surface area contributed by atoms with E-state index < -0.39 is 0 Å². The van der Waals surface area contributed by atoms with Crippen molar-refractivity contribution in [2.75, 3.05) is 0 Å². The Morgan fingerprint density at radius 3 is 2.93 bits per heavy atom. The molecular formula is C11H16ClNS. The van der Waals surface area contributed by atoms with Gasteiger partial charge in [-0.05, 0) is 43.2 Å². The zero-order valence-corrected chi connectivity index (χ0v) is 10.00. The zero-order valence-electron chi connectivity index (χ0n) is 8.42. The average Bonchev–Trinajstić information content (AvgIpc) is 2.60. The smallest absolute Gasteiger partial charge is 0.0931 e. The topological polar surface area (TPSA) is 26.0 Å². The van der Waals surface area contributed by atoms with Gasteiger partial charge in [0.25, 0.3) is 0 Å². The first-order valence-electron chi connectivity index (χ1n) is 5.07. The fourth-order valence-corrected chi connectivity index (χ4v) is 3.70. The van der Waals surface area contributed by atoms with Gasteiger partial charge in [0.05, 0.1) is 4.34 Å². The van der Waals surface area contributed by atoms with Crippen molar-refractivity contribution in [2.24, 2.45) is 11.1 Å². The van der Waals surface area contributed by atoms with Crippen molar-refractivity contribution in [3.63, 3.8) is 0 Å². The molecule has 0 bridgehead atoms. The quantitative estimate of drug-likeness (QED) is 0.826. The lowest BCUT2D eigenvalue weighted by Crippen LogP contribution is -2.20. The average molecular weight is 230 g/mol. The molecule has 0 aromatic carbocycles. The number of halogens is 1. The molecule has 2 atom stereocenters. The van der Waals surface area contributed by atoms with E-state index in [0.717, 1.165) is 17.2 Å². The summed E-state index contributed by atoms with van der Waals surface area (Å²) in [5.74, 6) is 0. The number of thiophene rings is 1. The molecular weight excluding hydrogens is 214 g/mol. The van der Waals surface area contributed by atoms with Gasteiger partial charge in [-0.3, -0.25) is 0 Å². The van der Waals surface area contributed by atoms with Gasteiger partial charge in [-0.1, -0.05) is 18.5 Å². The SMILES string of the molecule is CC1(Cc2ccc(Cl)s2)CCC(N)C1.